The highest BCUT2D eigenvalue weighted by molar-refractivity contribution is 7.91. The van der Waals surface area contributed by atoms with Crippen molar-refractivity contribution >= 4 is 21.5 Å². The van der Waals surface area contributed by atoms with Crippen molar-refractivity contribution in [1.29, 1.82) is 0 Å². The van der Waals surface area contributed by atoms with Gasteiger partial charge in [-0.25, -0.2) is 8.42 Å². The maximum atomic E-state index is 12.4. The van der Waals surface area contributed by atoms with Gasteiger partial charge in [-0.15, -0.1) is 6.58 Å². The summed E-state index contributed by atoms with van der Waals surface area (Å²) in [5.41, 5.74) is -0.896. The molecule has 1 saturated heterocycles. The molecule has 7 heteroatoms. The van der Waals surface area contributed by atoms with Crippen LogP contribution in [0.2, 0.25) is 0 Å². The topological polar surface area (TPSA) is 84.7 Å². The summed E-state index contributed by atoms with van der Waals surface area (Å²) in [5.74, 6) is -1.75. The third-order valence-corrected chi connectivity index (χ3v) is 5.52. The van der Waals surface area contributed by atoms with Gasteiger partial charge in [0.1, 0.15) is 0 Å². The summed E-state index contributed by atoms with van der Waals surface area (Å²) in [6, 6.07) is 2.92. The van der Waals surface area contributed by atoms with Gasteiger partial charge in [-0.1, -0.05) is 6.08 Å². The molecule has 1 unspecified atom stereocenters. The second-order valence-corrected chi connectivity index (χ2v) is 7.53. The quantitative estimate of drug-likeness (QED) is 0.461. The van der Waals surface area contributed by atoms with Gasteiger partial charge in [0.2, 0.25) is 0 Å². The minimum absolute atomic E-state index is 0.0133. The first-order valence-electron chi connectivity index (χ1n) is 6.50. The normalized spacial score (nSPS) is 23.7. The number of rotatable bonds is 5. The summed E-state index contributed by atoms with van der Waals surface area (Å²) in [7, 11) is -3.19. The molecule has 1 amide bonds. The van der Waals surface area contributed by atoms with E-state index in [1.165, 1.54) is 29.4 Å². The van der Waals surface area contributed by atoms with Crippen molar-refractivity contribution in [3.8, 4) is 0 Å². The van der Waals surface area contributed by atoms with E-state index in [1.807, 2.05) is 0 Å². The molecule has 21 heavy (non-hydrogen) atoms. The number of amides is 1. The lowest BCUT2D eigenvalue weighted by Crippen LogP contribution is -2.53. The van der Waals surface area contributed by atoms with Crippen LogP contribution in [0.25, 0.3) is 0 Å². The molecule has 0 aromatic carbocycles. The van der Waals surface area contributed by atoms with Crippen LogP contribution in [-0.4, -0.2) is 48.6 Å². The van der Waals surface area contributed by atoms with E-state index in [-0.39, 0.29) is 23.8 Å². The smallest absolute Gasteiger partial charge is 0.299 e. The molecule has 1 aliphatic heterocycles. The third kappa shape index (κ3) is 3.07. The van der Waals surface area contributed by atoms with Crippen LogP contribution in [0.1, 0.15) is 23.9 Å². The Morgan fingerprint density at radius 2 is 2.24 bits per heavy atom. The molecule has 0 aliphatic carbocycles. The van der Waals surface area contributed by atoms with Crippen LogP contribution in [-0.2, 0) is 14.6 Å². The van der Waals surface area contributed by atoms with Crippen molar-refractivity contribution in [2.75, 3.05) is 18.1 Å². The van der Waals surface area contributed by atoms with E-state index in [9.17, 15) is 18.0 Å². The number of carbonyl (C=O) groups excluding carboxylic acids is 2. The molecular formula is C14H17NO5S. The van der Waals surface area contributed by atoms with E-state index in [0.717, 1.165) is 0 Å². The average molecular weight is 311 g/mol. The van der Waals surface area contributed by atoms with Gasteiger partial charge in [-0.05, 0) is 25.5 Å². The Bertz CT molecular complexity index is 662. The van der Waals surface area contributed by atoms with Crippen LogP contribution in [0, 0.1) is 0 Å². The predicted octanol–water partition coefficient (Wildman–Crippen LogP) is 1.05. The van der Waals surface area contributed by atoms with Gasteiger partial charge >= 0.3 is 0 Å². The number of carbonyl (C=O) groups is 2. The summed E-state index contributed by atoms with van der Waals surface area (Å²) in [4.78, 5) is 25.8. The lowest BCUT2D eigenvalue weighted by molar-refractivity contribution is -0.130. The molecule has 1 aromatic heterocycles. The standard InChI is InChI=1S/C14H17NO5S/c1-3-7-15(14(2)6-9-21(18,19)10-14)13(17)12(16)11-5-4-8-20-11/h3-5,8H,1,6-7,9-10H2,2H3. The highest BCUT2D eigenvalue weighted by Gasteiger charge is 2.46. The van der Waals surface area contributed by atoms with Gasteiger partial charge in [-0.2, -0.15) is 0 Å². The van der Waals surface area contributed by atoms with Crippen molar-refractivity contribution in [1.82, 2.24) is 4.90 Å². The minimum atomic E-state index is -3.19. The molecule has 0 bridgehead atoms. The summed E-state index contributed by atoms with van der Waals surface area (Å²) >= 11 is 0. The van der Waals surface area contributed by atoms with Crippen molar-refractivity contribution in [3.05, 3.63) is 36.8 Å². The maximum absolute atomic E-state index is 12.4. The number of hydrogen-bond donors (Lipinski definition) is 0. The summed E-state index contributed by atoms with van der Waals surface area (Å²) in [5, 5.41) is 0. The van der Waals surface area contributed by atoms with Gasteiger partial charge in [0.15, 0.2) is 15.6 Å². The maximum Gasteiger partial charge on any atom is 0.299 e. The van der Waals surface area contributed by atoms with Crippen LogP contribution >= 0.6 is 0 Å². The molecule has 1 aromatic rings. The molecule has 2 heterocycles. The average Bonchev–Trinajstić information content (AvgIpc) is 3.03. The Labute approximate surface area is 123 Å². The van der Waals surface area contributed by atoms with Crippen LogP contribution < -0.4 is 0 Å². The predicted molar refractivity (Wildman–Crippen MR) is 76.6 cm³/mol. The molecular weight excluding hydrogens is 294 g/mol. The first-order valence-corrected chi connectivity index (χ1v) is 8.32. The lowest BCUT2D eigenvalue weighted by Gasteiger charge is -2.36. The van der Waals surface area contributed by atoms with E-state index < -0.39 is 27.1 Å². The second-order valence-electron chi connectivity index (χ2n) is 5.35. The Hall–Kier alpha value is -1.89. The van der Waals surface area contributed by atoms with Gasteiger partial charge in [0.05, 0.1) is 23.3 Å². The molecule has 0 radical (unpaired) electrons. The van der Waals surface area contributed by atoms with Crippen molar-refractivity contribution in [2.24, 2.45) is 0 Å². The van der Waals surface area contributed by atoms with Crippen molar-refractivity contribution in [3.63, 3.8) is 0 Å². The Morgan fingerprint density at radius 1 is 1.52 bits per heavy atom. The molecule has 0 N–H and O–H groups in total. The number of Topliss-reactive ketones (excluding diaryl/α,β-unsaturated/α-hetero) is 1. The first kappa shape index (κ1) is 15.5. The summed E-state index contributed by atoms with van der Waals surface area (Å²) in [6.45, 7) is 5.35. The second kappa shape index (κ2) is 5.48. The number of furan rings is 1. The molecule has 1 atom stereocenters. The van der Waals surface area contributed by atoms with E-state index in [4.69, 9.17) is 4.42 Å². The van der Waals surface area contributed by atoms with Gasteiger partial charge in [-0.3, -0.25) is 9.59 Å². The zero-order chi connectivity index (χ0) is 15.7. The van der Waals surface area contributed by atoms with Crippen LogP contribution in [0.4, 0.5) is 0 Å². The lowest BCUT2D eigenvalue weighted by atomic mass is 9.98. The Balaban J connectivity index is 2.29. The number of ketones is 1. The van der Waals surface area contributed by atoms with Crippen LogP contribution in [0.5, 0.6) is 0 Å². The highest BCUT2D eigenvalue weighted by atomic mass is 32.2. The molecule has 1 aliphatic rings. The summed E-state index contributed by atoms with van der Waals surface area (Å²) in [6.07, 6.45) is 3.09. The number of hydrogen-bond acceptors (Lipinski definition) is 5. The fourth-order valence-corrected chi connectivity index (χ4v) is 4.66. The number of nitrogens with zero attached hydrogens (tertiary/aromatic N) is 1. The van der Waals surface area contributed by atoms with Gasteiger partial charge in [0, 0.05) is 6.54 Å². The van der Waals surface area contributed by atoms with E-state index in [0.29, 0.717) is 6.42 Å². The minimum Gasteiger partial charge on any atom is -0.461 e. The molecule has 0 saturated carbocycles. The van der Waals surface area contributed by atoms with Gasteiger partial charge in [0.25, 0.3) is 11.7 Å². The SMILES string of the molecule is C=CCN(C(=O)C(=O)c1ccco1)C1(C)CCS(=O)(=O)C1. The largest absolute Gasteiger partial charge is 0.461 e. The zero-order valence-corrected chi connectivity index (χ0v) is 12.6. The van der Waals surface area contributed by atoms with E-state index in [1.54, 1.807) is 6.92 Å². The molecule has 2 rings (SSSR count). The van der Waals surface area contributed by atoms with Crippen LogP contribution in [0.3, 0.4) is 0 Å². The van der Waals surface area contributed by atoms with Crippen LogP contribution in [0.15, 0.2) is 35.5 Å². The number of sulfone groups is 1. The first-order chi connectivity index (χ1) is 9.79. The van der Waals surface area contributed by atoms with Crippen molar-refractivity contribution < 1.29 is 22.4 Å². The molecule has 6 nitrogen and oxygen atoms in total. The highest BCUT2D eigenvalue weighted by Crippen LogP contribution is 2.30. The van der Waals surface area contributed by atoms with Gasteiger partial charge < -0.3 is 9.32 Å². The third-order valence-electron chi connectivity index (χ3n) is 3.63. The molecule has 1 fully saturated rings. The zero-order valence-electron chi connectivity index (χ0n) is 11.7. The fourth-order valence-electron chi connectivity index (χ4n) is 2.52. The van der Waals surface area contributed by atoms with Crippen molar-refractivity contribution in [2.45, 2.75) is 18.9 Å². The monoisotopic (exact) mass is 311 g/mol. The fraction of sp³-hybridized carbons (Fsp3) is 0.429. The molecule has 0 spiro atoms. The van der Waals surface area contributed by atoms with E-state index in [2.05, 4.69) is 6.58 Å². The van der Waals surface area contributed by atoms with E-state index >= 15 is 0 Å². The summed E-state index contributed by atoms with van der Waals surface area (Å²) < 4.78 is 28.4. The Kier molecular flexibility index (Phi) is 4.04. The molecule has 114 valence electrons. The Morgan fingerprint density at radius 3 is 2.71 bits per heavy atom.